The van der Waals surface area contributed by atoms with Crippen LogP contribution < -0.4 is 15.0 Å². The standard InChI is InChI=1S/C15H25FN2O/c1-11(2)12(9-17-3)10-18(4)13-6-7-15(19-5)14(16)8-13/h6-8,11-12,17H,9-10H2,1-5H3. The SMILES string of the molecule is CNCC(CN(C)c1ccc(OC)c(F)c1)C(C)C. The van der Waals surface area contributed by atoms with Crippen molar-refractivity contribution in [3.8, 4) is 5.75 Å². The molecular formula is C15H25FN2O. The number of methoxy groups -OCH3 is 1. The quantitative estimate of drug-likeness (QED) is 0.823. The third-order valence-electron chi connectivity index (χ3n) is 3.49. The third kappa shape index (κ3) is 4.39. The molecular weight excluding hydrogens is 243 g/mol. The van der Waals surface area contributed by atoms with Crippen molar-refractivity contribution in [2.45, 2.75) is 13.8 Å². The maximum Gasteiger partial charge on any atom is 0.167 e. The lowest BCUT2D eigenvalue weighted by molar-refractivity contribution is 0.375. The summed E-state index contributed by atoms with van der Waals surface area (Å²) in [5.74, 6) is 1.08. The Morgan fingerprint density at radius 3 is 2.53 bits per heavy atom. The lowest BCUT2D eigenvalue weighted by Crippen LogP contribution is -2.34. The molecule has 1 aromatic carbocycles. The average molecular weight is 268 g/mol. The zero-order chi connectivity index (χ0) is 14.4. The Morgan fingerprint density at radius 2 is 2.05 bits per heavy atom. The Kier molecular flexibility index (Phi) is 6.09. The number of hydrogen-bond donors (Lipinski definition) is 1. The van der Waals surface area contributed by atoms with Gasteiger partial charge in [-0.2, -0.15) is 0 Å². The third-order valence-corrected chi connectivity index (χ3v) is 3.49. The van der Waals surface area contributed by atoms with Crippen LogP contribution in [-0.4, -0.2) is 34.3 Å². The number of ether oxygens (including phenoxy) is 1. The predicted molar refractivity (Wildman–Crippen MR) is 78.5 cm³/mol. The van der Waals surface area contributed by atoms with E-state index in [4.69, 9.17) is 4.74 Å². The fourth-order valence-corrected chi connectivity index (χ4v) is 2.12. The number of benzene rings is 1. The van der Waals surface area contributed by atoms with E-state index in [1.165, 1.54) is 13.2 Å². The zero-order valence-electron chi connectivity index (χ0n) is 12.5. The van der Waals surface area contributed by atoms with Gasteiger partial charge in [0.25, 0.3) is 0 Å². The zero-order valence-corrected chi connectivity index (χ0v) is 12.5. The van der Waals surface area contributed by atoms with E-state index in [0.717, 1.165) is 18.8 Å². The summed E-state index contributed by atoms with van der Waals surface area (Å²) in [5, 5.41) is 3.21. The molecule has 0 aliphatic heterocycles. The molecule has 1 N–H and O–H groups in total. The topological polar surface area (TPSA) is 24.5 Å². The number of halogens is 1. The molecule has 1 rings (SSSR count). The van der Waals surface area contributed by atoms with Crippen molar-refractivity contribution in [3.63, 3.8) is 0 Å². The van der Waals surface area contributed by atoms with Crippen molar-refractivity contribution in [1.82, 2.24) is 5.32 Å². The van der Waals surface area contributed by atoms with Crippen LogP contribution in [0.3, 0.4) is 0 Å². The van der Waals surface area contributed by atoms with Crippen molar-refractivity contribution in [2.75, 3.05) is 39.2 Å². The highest BCUT2D eigenvalue weighted by Crippen LogP contribution is 2.24. The second kappa shape index (κ2) is 7.34. The number of hydrogen-bond acceptors (Lipinski definition) is 3. The van der Waals surface area contributed by atoms with Crippen LogP contribution in [0.4, 0.5) is 10.1 Å². The second-order valence-electron chi connectivity index (χ2n) is 5.26. The molecule has 108 valence electrons. The Morgan fingerprint density at radius 1 is 1.37 bits per heavy atom. The maximum atomic E-state index is 13.7. The first-order valence-electron chi connectivity index (χ1n) is 6.68. The van der Waals surface area contributed by atoms with Crippen LogP contribution in [0, 0.1) is 17.7 Å². The largest absolute Gasteiger partial charge is 0.494 e. The van der Waals surface area contributed by atoms with Gasteiger partial charge in [-0.15, -0.1) is 0 Å². The summed E-state index contributed by atoms with van der Waals surface area (Å²) in [5.41, 5.74) is 0.875. The van der Waals surface area contributed by atoms with Gasteiger partial charge >= 0.3 is 0 Å². The molecule has 3 nitrogen and oxygen atoms in total. The molecule has 19 heavy (non-hydrogen) atoms. The lowest BCUT2D eigenvalue weighted by Gasteiger charge is -2.28. The molecule has 0 fully saturated rings. The minimum absolute atomic E-state index is 0.285. The van der Waals surface area contributed by atoms with Gasteiger partial charge in [0.05, 0.1) is 7.11 Å². The molecule has 0 aromatic heterocycles. The van der Waals surface area contributed by atoms with Gasteiger partial charge < -0.3 is 15.0 Å². The van der Waals surface area contributed by atoms with E-state index in [-0.39, 0.29) is 11.6 Å². The van der Waals surface area contributed by atoms with Crippen molar-refractivity contribution in [1.29, 1.82) is 0 Å². The van der Waals surface area contributed by atoms with Crippen LogP contribution in [-0.2, 0) is 0 Å². The summed E-state index contributed by atoms with van der Waals surface area (Å²) >= 11 is 0. The predicted octanol–water partition coefficient (Wildman–Crippen LogP) is 2.76. The van der Waals surface area contributed by atoms with Gasteiger partial charge in [0.15, 0.2) is 11.6 Å². The van der Waals surface area contributed by atoms with Gasteiger partial charge in [0.2, 0.25) is 0 Å². The molecule has 0 radical (unpaired) electrons. The first-order chi connectivity index (χ1) is 8.99. The lowest BCUT2D eigenvalue weighted by atomic mass is 9.95. The number of nitrogens with zero attached hydrogens (tertiary/aromatic N) is 1. The summed E-state index contributed by atoms with van der Waals surface area (Å²) < 4.78 is 18.6. The first kappa shape index (κ1) is 15.8. The summed E-state index contributed by atoms with van der Waals surface area (Å²) in [4.78, 5) is 2.09. The minimum atomic E-state index is -0.318. The fourth-order valence-electron chi connectivity index (χ4n) is 2.12. The minimum Gasteiger partial charge on any atom is -0.494 e. The molecule has 0 bridgehead atoms. The Labute approximate surface area is 115 Å². The van der Waals surface area contributed by atoms with E-state index < -0.39 is 0 Å². The van der Waals surface area contributed by atoms with E-state index in [0.29, 0.717) is 11.8 Å². The smallest absolute Gasteiger partial charge is 0.167 e. The number of rotatable bonds is 7. The molecule has 0 amide bonds. The summed E-state index contributed by atoms with van der Waals surface area (Å²) in [6.45, 7) is 6.28. The van der Waals surface area contributed by atoms with Gasteiger partial charge in [0, 0.05) is 25.3 Å². The van der Waals surface area contributed by atoms with Crippen LogP contribution in [0.1, 0.15) is 13.8 Å². The molecule has 0 saturated heterocycles. The van der Waals surface area contributed by atoms with Gasteiger partial charge in [-0.3, -0.25) is 0 Å². The van der Waals surface area contributed by atoms with Crippen molar-refractivity contribution in [2.24, 2.45) is 11.8 Å². The summed E-state index contributed by atoms with van der Waals surface area (Å²) in [6.07, 6.45) is 0. The molecule has 0 aliphatic rings. The van der Waals surface area contributed by atoms with Crippen LogP contribution in [0.25, 0.3) is 0 Å². The Hall–Kier alpha value is -1.29. The highest BCUT2D eigenvalue weighted by atomic mass is 19.1. The molecule has 0 heterocycles. The molecule has 0 spiro atoms. The van der Waals surface area contributed by atoms with Crippen LogP contribution in [0.2, 0.25) is 0 Å². The highest BCUT2D eigenvalue weighted by molar-refractivity contribution is 5.49. The van der Waals surface area contributed by atoms with Gasteiger partial charge in [-0.1, -0.05) is 13.8 Å². The van der Waals surface area contributed by atoms with Crippen molar-refractivity contribution < 1.29 is 9.13 Å². The monoisotopic (exact) mass is 268 g/mol. The van der Waals surface area contributed by atoms with E-state index in [1.807, 2.05) is 20.2 Å². The molecule has 0 aliphatic carbocycles. The normalized spacial score (nSPS) is 12.6. The van der Waals surface area contributed by atoms with E-state index >= 15 is 0 Å². The van der Waals surface area contributed by atoms with Crippen LogP contribution in [0.15, 0.2) is 18.2 Å². The summed E-state index contributed by atoms with van der Waals surface area (Å²) in [7, 11) is 5.43. The van der Waals surface area contributed by atoms with Crippen LogP contribution >= 0.6 is 0 Å². The van der Waals surface area contributed by atoms with Gasteiger partial charge in [-0.05, 0) is 37.6 Å². The number of nitrogens with one attached hydrogen (secondary N) is 1. The number of anilines is 1. The molecule has 4 heteroatoms. The fraction of sp³-hybridized carbons (Fsp3) is 0.600. The van der Waals surface area contributed by atoms with Crippen molar-refractivity contribution >= 4 is 5.69 Å². The van der Waals surface area contributed by atoms with E-state index in [1.54, 1.807) is 6.07 Å². The van der Waals surface area contributed by atoms with Gasteiger partial charge in [0.1, 0.15) is 0 Å². The average Bonchev–Trinajstić information content (AvgIpc) is 2.37. The van der Waals surface area contributed by atoms with E-state index in [2.05, 4.69) is 24.1 Å². The second-order valence-corrected chi connectivity index (χ2v) is 5.26. The maximum absolute atomic E-state index is 13.7. The Balaban J connectivity index is 2.76. The van der Waals surface area contributed by atoms with Crippen LogP contribution in [0.5, 0.6) is 5.75 Å². The van der Waals surface area contributed by atoms with Crippen molar-refractivity contribution in [3.05, 3.63) is 24.0 Å². The molecule has 0 saturated carbocycles. The summed E-state index contributed by atoms with van der Waals surface area (Å²) in [6, 6.07) is 5.08. The van der Waals surface area contributed by atoms with Gasteiger partial charge in [-0.25, -0.2) is 4.39 Å². The molecule has 1 aromatic rings. The molecule has 1 atom stereocenters. The first-order valence-corrected chi connectivity index (χ1v) is 6.68. The molecule has 1 unspecified atom stereocenters. The Bertz CT molecular complexity index is 396. The highest BCUT2D eigenvalue weighted by Gasteiger charge is 2.16. The van der Waals surface area contributed by atoms with E-state index in [9.17, 15) is 4.39 Å².